The van der Waals surface area contributed by atoms with Crippen LogP contribution < -0.4 is 10.6 Å². The smallest absolute Gasteiger partial charge is 0.234 e. The summed E-state index contributed by atoms with van der Waals surface area (Å²) >= 11 is 0. The van der Waals surface area contributed by atoms with Gasteiger partial charge in [-0.15, -0.1) is 0 Å². The van der Waals surface area contributed by atoms with E-state index < -0.39 is 9.84 Å². The molecule has 0 radical (unpaired) electrons. The Labute approximate surface area is 89.5 Å². The lowest BCUT2D eigenvalue weighted by Crippen LogP contribution is -2.40. The Bertz CT molecular complexity index is 348. The van der Waals surface area contributed by atoms with E-state index in [1.165, 1.54) is 0 Å². The standard InChI is InChI=1S/C9H16N2O3S/c12-9(11-7-1-2-7)5-10-8-3-4-15(13,14)6-8/h7-8,10H,1-6H2,(H,11,12). The number of hydrogen-bond donors (Lipinski definition) is 2. The quantitative estimate of drug-likeness (QED) is 0.655. The van der Waals surface area contributed by atoms with Crippen LogP contribution in [0.3, 0.4) is 0 Å². The van der Waals surface area contributed by atoms with Gasteiger partial charge in [-0.1, -0.05) is 0 Å². The summed E-state index contributed by atoms with van der Waals surface area (Å²) in [5.74, 6) is 0.389. The van der Waals surface area contributed by atoms with E-state index in [0.29, 0.717) is 12.5 Å². The second kappa shape index (κ2) is 4.09. The molecule has 1 saturated carbocycles. The molecule has 2 aliphatic rings. The van der Waals surface area contributed by atoms with Crippen molar-refractivity contribution in [2.24, 2.45) is 0 Å². The van der Waals surface area contributed by atoms with Gasteiger partial charge in [0.1, 0.15) is 0 Å². The van der Waals surface area contributed by atoms with Crippen LogP contribution in [0.2, 0.25) is 0 Å². The summed E-state index contributed by atoms with van der Waals surface area (Å²) in [4.78, 5) is 11.3. The molecule has 1 aliphatic carbocycles. The molecule has 86 valence electrons. The number of carbonyl (C=O) groups excluding carboxylic acids is 1. The molecule has 1 atom stereocenters. The molecule has 1 heterocycles. The second-order valence-corrected chi connectivity index (χ2v) is 6.55. The zero-order chi connectivity index (χ0) is 10.9. The normalized spacial score (nSPS) is 28.9. The van der Waals surface area contributed by atoms with Gasteiger partial charge in [0.25, 0.3) is 0 Å². The van der Waals surface area contributed by atoms with E-state index in [1.807, 2.05) is 0 Å². The van der Waals surface area contributed by atoms with Crippen LogP contribution in [0.5, 0.6) is 0 Å². The van der Waals surface area contributed by atoms with Crippen LogP contribution >= 0.6 is 0 Å². The third kappa shape index (κ3) is 3.46. The first-order chi connectivity index (χ1) is 7.05. The topological polar surface area (TPSA) is 75.3 Å². The van der Waals surface area contributed by atoms with Crippen LogP contribution in [0.15, 0.2) is 0 Å². The molecule has 2 N–H and O–H groups in total. The summed E-state index contributed by atoms with van der Waals surface area (Å²) in [6.45, 7) is 0.233. The van der Waals surface area contributed by atoms with E-state index in [4.69, 9.17) is 0 Å². The SMILES string of the molecule is O=C(CNC1CCS(=O)(=O)C1)NC1CC1. The van der Waals surface area contributed by atoms with Crippen molar-refractivity contribution >= 4 is 15.7 Å². The first kappa shape index (κ1) is 10.9. The fraction of sp³-hybridized carbons (Fsp3) is 0.889. The van der Waals surface area contributed by atoms with E-state index in [1.54, 1.807) is 0 Å². The predicted molar refractivity (Wildman–Crippen MR) is 56.2 cm³/mol. The molecule has 0 aromatic rings. The minimum Gasteiger partial charge on any atom is -0.352 e. The summed E-state index contributed by atoms with van der Waals surface area (Å²) in [7, 11) is -2.85. The molecule has 1 unspecified atom stereocenters. The first-order valence-corrected chi connectivity index (χ1v) is 7.10. The highest BCUT2D eigenvalue weighted by Crippen LogP contribution is 2.18. The van der Waals surface area contributed by atoms with Gasteiger partial charge in [-0.3, -0.25) is 4.79 Å². The molecule has 0 bridgehead atoms. The van der Waals surface area contributed by atoms with E-state index in [0.717, 1.165) is 12.8 Å². The van der Waals surface area contributed by atoms with Crippen LogP contribution in [-0.2, 0) is 14.6 Å². The third-order valence-electron chi connectivity index (χ3n) is 2.73. The Morgan fingerprint density at radius 2 is 1.93 bits per heavy atom. The number of amides is 1. The van der Waals surface area contributed by atoms with Crippen LogP contribution in [0.4, 0.5) is 0 Å². The molecule has 1 saturated heterocycles. The highest BCUT2D eigenvalue weighted by Gasteiger charge is 2.28. The summed E-state index contributed by atoms with van der Waals surface area (Å²) in [6.07, 6.45) is 2.77. The van der Waals surface area contributed by atoms with E-state index in [2.05, 4.69) is 10.6 Å². The van der Waals surface area contributed by atoms with Crippen LogP contribution in [0, 0.1) is 0 Å². The molecule has 0 aromatic heterocycles. The Morgan fingerprint density at radius 1 is 1.20 bits per heavy atom. The van der Waals surface area contributed by atoms with Gasteiger partial charge >= 0.3 is 0 Å². The van der Waals surface area contributed by atoms with Crippen molar-refractivity contribution in [2.45, 2.75) is 31.3 Å². The van der Waals surface area contributed by atoms with Gasteiger partial charge in [-0.25, -0.2) is 8.42 Å². The summed E-state index contributed by atoms with van der Waals surface area (Å²) in [5, 5.41) is 5.83. The highest BCUT2D eigenvalue weighted by atomic mass is 32.2. The lowest BCUT2D eigenvalue weighted by Gasteiger charge is -2.10. The number of hydrogen-bond acceptors (Lipinski definition) is 4. The molecule has 1 amide bonds. The Hall–Kier alpha value is -0.620. The Morgan fingerprint density at radius 3 is 2.47 bits per heavy atom. The van der Waals surface area contributed by atoms with Gasteiger partial charge in [0, 0.05) is 12.1 Å². The summed E-state index contributed by atoms with van der Waals surface area (Å²) in [6, 6.07) is 0.326. The van der Waals surface area contributed by atoms with Gasteiger partial charge in [0.05, 0.1) is 18.1 Å². The van der Waals surface area contributed by atoms with Crippen molar-refractivity contribution in [2.75, 3.05) is 18.1 Å². The maximum atomic E-state index is 11.3. The monoisotopic (exact) mass is 232 g/mol. The molecule has 15 heavy (non-hydrogen) atoms. The summed E-state index contributed by atoms with van der Waals surface area (Å²) < 4.78 is 22.3. The lowest BCUT2D eigenvalue weighted by atomic mass is 10.2. The fourth-order valence-electron chi connectivity index (χ4n) is 1.70. The second-order valence-electron chi connectivity index (χ2n) is 4.32. The summed E-state index contributed by atoms with van der Waals surface area (Å²) in [5.41, 5.74) is 0. The molecular formula is C9H16N2O3S. The fourth-order valence-corrected chi connectivity index (χ4v) is 3.41. The first-order valence-electron chi connectivity index (χ1n) is 5.28. The molecule has 5 nitrogen and oxygen atoms in total. The molecule has 2 fully saturated rings. The molecule has 2 rings (SSSR count). The molecule has 6 heteroatoms. The maximum absolute atomic E-state index is 11.3. The molecule has 0 aromatic carbocycles. The van der Waals surface area contributed by atoms with Crippen molar-refractivity contribution in [3.05, 3.63) is 0 Å². The average molecular weight is 232 g/mol. The van der Waals surface area contributed by atoms with Crippen molar-refractivity contribution in [1.29, 1.82) is 0 Å². The van der Waals surface area contributed by atoms with Gasteiger partial charge in [-0.05, 0) is 19.3 Å². The van der Waals surface area contributed by atoms with E-state index in [9.17, 15) is 13.2 Å². The zero-order valence-corrected chi connectivity index (χ0v) is 9.35. The highest BCUT2D eigenvalue weighted by molar-refractivity contribution is 7.91. The van der Waals surface area contributed by atoms with Crippen molar-refractivity contribution in [1.82, 2.24) is 10.6 Å². The van der Waals surface area contributed by atoms with Crippen LogP contribution in [0.25, 0.3) is 0 Å². The molecular weight excluding hydrogens is 216 g/mol. The van der Waals surface area contributed by atoms with Crippen molar-refractivity contribution in [3.8, 4) is 0 Å². The number of sulfone groups is 1. The van der Waals surface area contributed by atoms with Gasteiger partial charge in [0.2, 0.25) is 5.91 Å². The maximum Gasteiger partial charge on any atom is 0.234 e. The van der Waals surface area contributed by atoms with Crippen molar-refractivity contribution < 1.29 is 13.2 Å². The number of carbonyl (C=O) groups is 1. The van der Waals surface area contributed by atoms with Crippen LogP contribution in [0.1, 0.15) is 19.3 Å². The number of rotatable bonds is 4. The molecule has 0 spiro atoms. The van der Waals surface area contributed by atoms with E-state index >= 15 is 0 Å². The van der Waals surface area contributed by atoms with Crippen LogP contribution in [-0.4, -0.2) is 44.5 Å². The average Bonchev–Trinajstić information content (AvgIpc) is 2.87. The Balaban J connectivity index is 1.67. The zero-order valence-electron chi connectivity index (χ0n) is 8.53. The molecule has 1 aliphatic heterocycles. The van der Waals surface area contributed by atoms with E-state index in [-0.39, 0.29) is 30.0 Å². The van der Waals surface area contributed by atoms with Gasteiger partial charge < -0.3 is 10.6 Å². The largest absolute Gasteiger partial charge is 0.352 e. The Kier molecular flexibility index (Phi) is 2.97. The van der Waals surface area contributed by atoms with Gasteiger partial charge in [-0.2, -0.15) is 0 Å². The number of nitrogens with one attached hydrogen (secondary N) is 2. The van der Waals surface area contributed by atoms with Gasteiger partial charge in [0.15, 0.2) is 9.84 Å². The van der Waals surface area contributed by atoms with Crippen molar-refractivity contribution in [3.63, 3.8) is 0 Å². The minimum atomic E-state index is -2.85. The predicted octanol–water partition coefficient (Wildman–Crippen LogP) is -0.958. The lowest BCUT2D eigenvalue weighted by molar-refractivity contribution is -0.120. The minimum absolute atomic E-state index is 0.0261. The third-order valence-corrected chi connectivity index (χ3v) is 4.49.